The fraction of sp³-hybridized carbons (Fsp3) is 0.0833. The minimum absolute atomic E-state index is 0.234. The monoisotopic (exact) mass is 371 g/mol. The van der Waals surface area contributed by atoms with Crippen LogP contribution in [0.25, 0.3) is 16.7 Å². The van der Waals surface area contributed by atoms with Gasteiger partial charge in [-0.2, -0.15) is 0 Å². The molecule has 0 saturated carbocycles. The number of carbonyl (C=O) groups is 2. The number of halogens is 1. The van der Waals surface area contributed by atoms with E-state index in [0.717, 1.165) is 22.3 Å². The first-order chi connectivity index (χ1) is 13.5. The minimum Gasteiger partial charge on any atom is -0.270 e. The Morgan fingerprint density at radius 3 is 1.86 bits per heavy atom. The summed E-state index contributed by atoms with van der Waals surface area (Å²) in [6.45, 7) is 2.18. The van der Waals surface area contributed by atoms with Gasteiger partial charge in [0.1, 0.15) is 5.82 Å². The SMILES string of the molecule is C/C(=C/CN1C(=O)c2ccccc2C1=O)c1ccc(-c2ccc(F)cc2)cc1. The van der Waals surface area contributed by atoms with Gasteiger partial charge in [0.25, 0.3) is 11.8 Å². The van der Waals surface area contributed by atoms with Crippen LogP contribution in [0.4, 0.5) is 4.39 Å². The Morgan fingerprint density at radius 1 is 0.821 bits per heavy atom. The topological polar surface area (TPSA) is 37.4 Å². The van der Waals surface area contributed by atoms with Gasteiger partial charge in [0.15, 0.2) is 0 Å². The highest BCUT2D eigenvalue weighted by atomic mass is 19.1. The van der Waals surface area contributed by atoms with Gasteiger partial charge in [-0.25, -0.2) is 4.39 Å². The third kappa shape index (κ3) is 3.25. The Morgan fingerprint density at radius 2 is 1.32 bits per heavy atom. The van der Waals surface area contributed by atoms with Gasteiger partial charge in [0.2, 0.25) is 0 Å². The van der Waals surface area contributed by atoms with Crippen molar-refractivity contribution in [2.45, 2.75) is 6.92 Å². The maximum atomic E-state index is 13.1. The molecule has 0 N–H and O–H groups in total. The van der Waals surface area contributed by atoms with E-state index in [1.54, 1.807) is 36.4 Å². The van der Waals surface area contributed by atoms with Crippen molar-refractivity contribution in [3.05, 3.63) is 101 Å². The van der Waals surface area contributed by atoms with E-state index in [9.17, 15) is 14.0 Å². The number of imide groups is 1. The number of fused-ring (bicyclic) bond motifs is 1. The molecule has 0 spiro atoms. The smallest absolute Gasteiger partial charge is 0.261 e. The second-order valence-corrected chi connectivity index (χ2v) is 6.74. The van der Waals surface area contributed by atoms with Crippen LogP contribution in [0.5, 0.6) is 0 Å². The molecule has 4 heteroatoms. The zero-order valence-corrected chi connectivity index (χ0v) is 15.4. The number of hydrogen-bond donors (Lipinski definition) is 0. The quantitative estimate of drug-likeness (QED) is 0.592. The number of nitrogens with zero attached hydrogens (tertiary/aromatic N) is 1. The first-order valence-corrected chi connectivity index (χ1v) is 9.03. The summed E-state index contributed by atoms with van der Waals surface area (Å²) >= 11 is 0. The Hall–Kier alpha value is -3.53. The summed E-state index contributed by atoms with van der Waals surface area (Å²) in [5, 5.41) is 0. The van der Waals surface area contributed by atoms with Crippen molar-refractivity contribution in [2.24, 2.45) is 0 Å². The van der Waals surface area contributed by atoms with Gasteiger partial charge < -0.3 is 0 Å². The maximum absolute atomic E-state index is 13.1. The molecular weight excluding hydrogens is 353 g/mol. The van der Waals surface area contributed by atoms with Crippen molar-refractivity contribution in [3.8, 4) is 11.1 Å². The summed E-state index contributed by atoms with van der Waals surface area (Å²) < 4.78 is 13.1. The molecule has 4 rings (SSSR count). The summed E-state index contributed by atoms with van der Waals surface area (Å²) in [4.78, 5) is 26.1. The molecule has 0 atom stereocenters. The molecule has 3 aromatic rings. The summed E-state index contributed by atoms with van der Waals surface area (Å²) in [5.74, 6) is -0.764. The molecule has 3 aromatic carbocycles. The summed E-state index contributed by atoms with van der Waals surface area (Å²) in [7, 11) is 0. The molecule has 0 unspecified atom stereocenters. The van der Waals surface area contributed by atoms with Gasteiger partial charge in [0.05, 0.1) is 11.1 Å². The number of hydrogen-bond acceptors (Lipinski definition) is 2. The second-order valence-electron chi connectivity index (χ2n) is 6.74. The number of carbonyl (C=O) groups excluding carboxylic acids is 2. The molecule has 1 heterocycles. The predicted molar refractivity (Wildman–Crippen MR) is 107 cm³/mol. The molecule has 3 nitrogen and oxygen atoms in total. The highest BCUT2D eigenvalue weighted by Crippen LogP contribution is 2.25. The van der Waals surface area contributed by atoms with E-state index in [1.165, 1.54) is 17.0 Å². The van der Waals surface area contributed by atoms with Gasteiger partial charge in [-0.05, 0) is 53.5 Å². The molecule has 2 amide bonds. The first kappa shape index (κ1) is 17.9. The Balaban J connectivity index is 1.50. The molecule has 28 heavy (non-hydrogen) atoms. The maximum Gasteiger partial charge on any atom is 0.261 e. The van der Waals surface area contributed by atoms with Gasteiger partial charge >= 0.3 is 0 Å². The summed E-state index contributed by atoms with van der Waals surface area (Å²) in [5.41, 5.74) is 4.84. The van der Waals surface area contributed by atoms with Crippen molar-refractivity contribution in [1.29, 1.82) is 0 Å². The van der Waals surface area contributed by atoms with Gasteiger partial charge in [-0.1, -0.05) is 54.6 Å². The third-order valence-corrected chi connectivity index (χ3v) is 4.98. The van der Waals surface area contributed by atoms with Crippen LogP contribution in [0.15, 0.2) is 78.9 Å². The molecule has 1 aliphatic rings. The predicted octanol–water partition coefficient (Wildman–Crippen LogP) is 5.19. The number of rotatable bonds is 4. The van der Waals surface area contributed by atoms with Crippen molar-refractivity contribution in [1.82, 2.24) is 4.90 Å². The van der Waals surface area contributed by atoms with Crippen LogP contribution in [0.2, 0.25) is 0 Å². The normalized spacial score (nSPS) is 13.8. The van der Waals surface area contributed by atoms with Crippen molar-refractivity contribution in [3.63, 3.8) is 0 Å². The van der Waals surface area contributed by atoms with E-state index in [-0.39, 0.29) is 24.2 Å². The van der Waals surface area contributed by atoms with Crippen LogP contribution < -0.4 is 0 Å². The third-order valence-electron chi connectivity index (χ3n) is 4.98. The first-order valence-electron chi connectivity index (χ1n) is 9.03. The van der Waals surface area contributed by atoms with Crippen LogP contribution in [0, 0.1) is 5.82 Å². The Labute approximate surface area is 162 Å². The lowest BCUT2D eigenvalue weighted by Gasteiger charge is -2.12. The van der Waals surface area contributed by atoms with E-state index in [4.69, 9.17) is 0 Å². The average molecular weight is 371 g/mol. The lowest BCUT2D eigenvalue weighted by molar-refractivity contribution is 0.0672. The number of benzene rings is 3. The molecule has 138 valence electrons. The van der Waals surface area contributed by atoms with Crippen LogP contribution in [0.3, 0.4) is 0 Å². The molecular formula is C24H18FNO2. The summed E-state index contributed by atoms with van der Waals surface area (Å²) in [6, 6.07) is 21.2. The highest BCUT2D eigenvalue weighted by molar-refractivity contribution is 6.21. The Kier molecular flexibility index (Phi) is 4.62. The Bertz CT molecular complexity index is 1050. The van der Waals surface area contributed by atoms with Crippen LogP contribution in [-0.2, 0) is 0 Å². The van der Waals surface area contributed by atoms with Gasteiger partial charge in [-0.15, -0.1) is 0 Å². The minimum atomic E-state index is -0.257. The zero-order valence-electron chi connectivity index (χ0n) is 15.4. The van der Waals surface area contributed by atoms with Crippen molar-refractivity contribution >= 4 is 17.4 Å². The highest BCUT2D eigenvalue weighted by Gasteiger charge is 2.34. The summed E-state index contributed by atoms with van der Waals surface area (Å²) in [6.07, 6.45) is 1.88. The molecule has 0 aromatic heterocycles. The molecule has 0 aliphatic carbocycles. The average Bonchev–Trinajstić information content (AvgIpc) is 2.97. The zero-order chi connectivity index (χ0) is 19.7. The lowest BCUT2D eigenvalue weighted by Crippen LogP contribution is -2.29. The van der Waals surface area contributed by atoms with E-state index in [2.05, 4.69) is 0 Å². The molecule has 1 aliphatic heterocycles. The van der Waals surface area contributed by atoms with Gasteiger partial charge in [0, 0.05) is 6.54 Å². The van der Waals surface area contributed by atoms with Crippen LogP contribution >= 0.6 is 0 Å². The van der Waals surface area contributed by atoms with E-state index in [0.29, 0.717) is 11.1 Å². The molecule has 0 fully saturated rings. The van der Waals surface area contributed by atoms with Crippen molar-refractivity contribution in [2.75, 3.05) is 6.54 Å². The standard InChI is InChI=1S/C24H18FNO2/c1-16(14-15-26-23(27)21-4-2-3-5-22(21)24(26)28)17-6-8-18(9-7-17)19-10-12-20(25)13-11-19/h2-14H,15H2,1H3/b16-14-. The van der Waals surface area contributed by atoms with Crippen LogP contribution in [-0.4, -0.2) is 23.3 Å². The van der Waals surface area contributed by atoms with Crippen LogP contribution in [0.1, 0.15) is 33.2 Å². The van der Waals surface area contributed by atoms with Gasteiger partial charge in [-0.3, -0.25) is 14.5 Å². The fourth-order valence-corrected chi connectivity index (χ4v) is 3.32. The molecule has 0 bridgehead atoms. The van der Waals surface area contributed by atoms with Crippen molar-refractivity contribution < 1.29 is 14.0 Å². The molecule has 0 saturated heterocycles. The second kappa shape index (κ2) is 7.24. The largest absolute Gasteiger partial charge is 0.270 e. The van der Waals surface area contributed by atoms with E-state index < -0.39 is 0 Å². The fourth-order valence-electron chi connectivity index (χ4n) is 3.32. The molecule has 0 radical (unpaired) electrons. The lowest BCUT2D eigenvalue weighted by atomic mass is 10.0. The van der Waals surface area contributed by atoms with E-state index >= 15 is 0 Å². The van der Waals surface area contributed by atoms with E-state index in [1.807, 2.05) is 37.3 Å². The number of allylic oxidation sites excluding steroid dienone is 1. The number of amides is 2.